The quantitative estimate of drug-likeness (QED) is 0.531. The number of methoxy groups -OCH3 is 1. The lowest BCUT2D eigenvalue weighted by Crippen LogP contribution is -2.36. The zero-order chi connectivity index (χ0) is 22.0. The van der Waals surface area contributed by atoms with Crippen molar-refractivity contribution in [3.05, 3.63) is 69.3 Å². The number of nitrogens with zero attached hydrogens (tertiary/aromatic N) is 2. The van der Waals surface area contributed by atoms with Crippen LogP contribution in [-0.4, -0.2) is 40.4 Å². The van der Waals surface area contributed by atoms with Gasteiger partial charge in [-0.2, -0.15) is 5.10 Å². The van der Waals surface area contributed by atoms with Gasteiger partial charge in [0.1, 0.15) is 5.75 Å². The molecule has 0 saturated carbocycles. The SMILES string of the molecule is COc1ccc(Cl)cc1C(=O)CCC(=O)N1CCc2[nH]nc(-c3cccc(Cl)c3)c2C1. The van der Waals surface area contributed by atoms with Crippen LogP contribution in [0.15, 0.2) is 42.5 Å². The summed E-state index contributed by atoms with van der Waals surface area (Å²) >= 11 is 12.1. The minimum absolute atomic E-state index is 0.0711. The summed E-state index contributed by atoms with van der Waals surface area (Å²) in [5.74, 6) is 0.209. The molecule has 0 spiro atoms. The van der Waals surface area contributed by atoms with Crippen LogP contribution >= 0.6 is 23.2 Å². The normalized spacial score (nSPS) is 13.1. The van der Waals surface area contributed by atoms with Gasteiger partial charge in [0.15, 0.2) is 5.78 Å². The molecule has 0 fully saturated rings. The molecule has 0 radical (unpaired) electrons. The second kappa shape index (κ2) is 9.12. The Morgan fingerprint density at radius 2 is 1.94 bits per heavy atom. The first-order valence-corrected chi connectivity index (χ1v) is 10.7. The number of hydrogen-bond acceptors (Lipinski definition) is 4. The van der Waals surface area contributed by atoms with Crippen LogP contribution in [-0.2, 0) is 17.8 Å². The van der Waals surface area contributed by atoms with Gasteiger partial charge in [0.2, 0.25) is 5.91 Å². The Kier molecular flexibility index (Phi) is 6.30. The first-order chi connectivity index (χ1) is 15.0. The van der Waals surface area contributed by atoms with Gasteiger partial charge in [-0.15, -0.1) is 0 Å². The minimum Gasteiger partial charge on any atom is -0.496 e. The van der Waals surface area contributed by atoms with Gasteiger partial charge < -0.3 is 9.64 Å². The molecule has 160 valence electrons. The number of amides is 1. The summed E-state index contributed by atoms with van der Waals surface area (Å²) in [7, 11) is 1.50. The molecule has 1 N–H and O–H groups in total. The topological polar surface area (TPSA) is 75.3 Å². The molecule has 8 heteroatoms. The van der Waals surface area contributed by atoms with Crippen molar-refractivity contribution < 1.29 is 14.3 Å². The summed E-state index contributed by atoms with van der Waals surface area (Å²) < 4.78 is 5.24. The van der Waals surface area contributed by atoms with Crippen LogP contribution < -0.4 is 4.74 Å². The Hall–Kier alpha value is -2.83. The highest BCUT2D eigenvalue weighted by Gasteiger charge is 2.26. The number of hydrogen-bond donors (Lipinski definition) is 1. The van der Waals surface area contributed by atoms with Crippen LogP contribution in [0.2, 0.25) is 10.0 Å². The zero-order valence-electron chi connectivity index (χ0n) is 17.0. The van der Waals surface area contributed by atoms with E-state index in [9.17, 15) is 9.59 Å². The van der Waals surface area contributed by atoms with Gasteiger partial charge in [-0.25, -0.2) is 0 Å². The number of aromatic nitrogens is 2. The van der Waals surface area contributed by atoms with Crippen LogP contribution in [0.5, 0.6) is 5.75 Å². The zero-order valence-corrected chi connectivity index (χ0v) is 18.5. The Balaban J connectivity index is 1.44. The third-order valence-electron chi connectivity index (χ3n) is 5.41. The van der Waals surface area contributed by atoms with Gasteiger partial charge >= 0.3 is 0 Å². The van der Waals surface area contributed by atoms with Crippen LogP contribution in [0.4, 0.5) is 0 Å². The van der Waals surface area contributed by atoms with E-state index in [1.54, 1.807) is 23.1 Å². The second-order valence-electron chi connectivity index (χ2n) is 7.37. The Morgan fingerprint density at radius 1 is 1.13 bits per heavy atom. The van der Waals surface area contributed by atoms with Crippen molar-refractivity contribution >= 4 is 34.9 Å². The van der Waals surface area contributed by atoms with E-state index >= 15 is 0 Å². The predicted octanol–water partition coefficient (Wildman–Crippen LogP) is 4.94. The number of ether oxygens (including phenoxy) is 1. The lowest BCUT2D eigenvalue weighted by molar-refractivity contribution is -0.132. The molecule has 0 atom stereocenters. The van der Waals surface area contributed by atoms with Gasteiger partial charge in [0, 0.05) is 59.2 Å². The molecule has 1 amide bonds. The van der Waals surface area contributed by atoms with Crippen LogP contribution in [0.1, 0.15) is 34.5 Å². The molecule has 0 unspecified atom stereocenters. The molecule has 6 nitrogen and oxygen atoms in total. The molecule has 0 aliphatic carbocycles. The maximum atomic E-state index is 12.9. The summed E-state index contributed by atoms with van der Waals surface area (Å²) in [6.45, 7) is 1.03. The molecule has 1 aliphatic rings. The van der Waals surface area contributed by atoms with Gasteiger partial charge in [-0.05, 0) is 30.3 Å². The van der Waals surface area contributed by atoms with E-state index in [4.69, 9.17) is 27.9 Å². The molecule has 1 aromatic heterocycles. The molecule has 0 bridgehead atoms. The number of H-pyrrole nitrogens is 1. The molecule has 2 heterocycles. The summed E-state index contributed by atoms with van der Waals surface area (Å²) in [6, 6.07) is 12.4. The maximum Gasteiger partial charge on any atom is 0.223 e. The largest absolute Gasteiger partial charge is 0.496 e. The van der Waals surface area contributed by atoms with Gasteiger partial charge in [-0.3, -0.25) is 14.7 Å². The van der Waals surface area contributed by atoms with E-state index in [1.165, 1.54) is 7.11 Å². The first kappa shape index (κ1) is 21.4. The molecule has 0 saturated heterocycles. The first-order valence-electron chi connectivity index (χ1n) is 9.93. The fourth-order valence-corrected chi connectivity index (χ4v) is 4.16. The van der Waals surface area contributed by atoms with E-state index in [-0.39, 0.29) is 24.5 Å². The fraction of sp³-hybridized carbons (Fsp3) is 0.261. The summed E-state index contributed by atoms with van der Waals surface area (Å²) in [5.41, 5.74) is 4.11. The van der Waals surface area contributed by atoms with Crippen LogP contribution in [0.25, 0.3) is 11.3 Å². The number of fused-ring (bicyclic) bond motifs is 1. The molecule has 1 aliphatic heterocycles. The maximum absolute atomic E-state index is 12.9. The molecule has 2 aromatic carbocycles. The third-order valence-corrected chi connectivity index (χ3v) is 5.88. The average molecular weight is 458 g/mol. The Morgan fingerprint density at radius 3 is 2.71 bits per heavy atom. The summed E-state index contributed by atoms with van der Waals surface area (Å²) in [5, 5.41) is 8.61. The summed E-state index contributed by atoms with van der Waals surface area (Å²) in [4.78, 5) is 27.3. The molecule has 3 aromatic rings. The number of nitrogens with one attached hydrogen (secondary N) is 1. The van der Waals surface area contributed by atoms with E-state index in [1.807, 2.05) is 24.3 Å². The lowest BCUT2D eigenvalue weighted by atomic mass is 10.00. The van der Waals surface area contributed by atoms with Gasteiger partial charge in [0.25, 0.3) is 0 Å². The van der Waals surface area contributed by atoms with Crippen molar-refractivity contribution in [3.8, 4) is 17.0 Å². The van der Waals surface area contributed by atoms with Gasteiger partial charge in [-0.1, -0.05) is 35.3 Å². The van der Waals surface area contributed by atoms with E-state index in [0.717, 1.165) is 22.5 Å². The highest BCUT2D eigenvalue weighted by Crippen LogP contribution is 2.30. The van der Waals surface area contributed by atoms with E-state index < -0.39 is 0 Å². The highest BCUT2D eigenvalue weighted by atomic mass is 35.5. The van der Waals surface area contributed by atoms with E-state index in [0.29, 0.717) is 40.9 Å². The molecular weight excluding hydrogens is 437 g/mol. The van der Waals surface area contributed by atoms with Crippen LogP contribution in [0, 0.1) is 0 Å². The summed E-state index contributed by atoms with van der Waals surface area (Å²) in [6.07, 6.45) is 0.893. The van der Waals surface area contributed by atoms with Crippen molar-refractivity contribution in [2.45, 2.75) is 25.8 Å². The molecular formula is C23H21Cl2N3O3. The van der Waals surface area contributed by atoms with Crippen molar-refractivity contribution in [2.75, 3.05) is 13.7 Å². The number of ketones is 1. The number of carbonyl (C=O) groups is 2. The number of benzene rings is 2. The number of rotatable bonds is 6. The number of carbonyl (C=O) groups excluding carboxylic acids is 2. The number of halogens is 2. The van der Waals surface area contributed by atoms with Crippen molar-refractivity contribution in [1.29, 1.82) is 0 Å². The lowest BCUT2D eigenvalue weighted by Gasteiger charge is -2.27. The van der Waals surface area contributed by atoms with Crippen molar-refractivity contribution in [1.82, 2.24) is 15.1 Å². The predicted molar refractivity (Wildman–Crippen MR) is 120 cm³/mol. The minimum atomic E-state index is -0.173. The molecule has 31 heavy (non-hydrogen) atoms. The third kappa shape index (κ3) is 4.60. The van der Waals surface area contributed by atoms with Crippen molar-refractivity contribution in [2.24, 2.45) is 0 Å². The Labute approximate surface area is 190 Å². The molecule has 4 rings (SSSR count). The average Bonchev–Trinajstić information content (AvgIpc) is 3.20. The Bertz CT molecular complexity index is 1140. The van der Waals surface area contributed by atoms with Crippen molar-refractivity contribution in [3.63, 3.8) is 0 Å². The van der Waals surface area contributed by atoms with Crippen LogP contribution in [0.3, 0.4) is 0 Å². The van der Waals surface area contributed by atoms with E-state index in [2.05, 4.69) is 10.2 Å². The number of aromatic amines is 1. The highest BCUT2D eigenvalue weighted by molar-refractivity contribution is 6.31. The monoisotopic (exact) mass is 457 g/mol. The fourth-order valence-electron chi connectivity index (χ4n) is 3.79. The smallest absolute Gasteiger partial charge is 0.223 e. The second-order valence-corrected chi connectivity index (χ2v) is 8.25. The standard InChI is InChI=1S/C23H21Cl2N3O3/c1-31-21-7-5-16(25)12-17(21)20(29)6-8-22(30)28-10-9-19-18(13-28)23(27-26-19)14-3-2-4-15(24)11-14/h2-5,7,11-12H,6,8-10,13H2,1H3,(H,26,27). The number of Topliss-reactive ketones (excluding diaryl/α,β-unsaturated/α-hetero) is 1. The van der Waals surface area contributed by atoms with Gasteiger partial charge in [0.05, 0.1) is 18.4 Å².